The minimum absolute atomic E-state index is 0.278. The molecule has 0 heterocycles. The van der Waals surface area contributed by atoms with Crippen molar-refractivity contribution in [3.63, 3.8) is 0 Å². The van der Waals surface area contributed by atoms with Gasteiger partial charge in [-0.25, -0.2) is 4.79 Å². The number of hydrogen-bond acceptors (Lipinski definition) is 2. The van der Waals surface area contributed by atoms with Gasteiger partial charge >= 0.3 is 12.1 Å². The van der Waals surface area contributed by atoms with E-state index in [0.717, 1.165) is 25.2 Å². The lowest BCUT2D eigenvalue weighted by Crippen LogP contribution is -2.53. The number of halogens is 3. The van der Waals surface area contributed by atoms with Crippen molar-refractivity contribution >= 4 is 5.97 Å². The average Bonchev–Trinajstić information content (AvgIpc) is 2.90. The molecule has 0 spiro atoms. The van der Waals surface area contributed by atoms with Gasteiger partial charge in [-0.15, -0.1) is 0 Å². The van der Waals surface area contributed by atoms with Gasteiger partial charge in [-0.05, 0) is 80.5 Å². The first-order valence-corrected chi connectivity index (χ1v) is 10.4. The Morgan fingerprint density at radius 3 is 2.35 bits per heavy atom. The second kappa shape index (κ2) is 6.13. The van der Waals surface area contributed by atoms with Crippen LogP contribution in [-0.4, -0.2) is 18.2 Å². The molecule has 0 radical (unpaired) electrons. The third-order valence-electron chi connectivity index (χ3n) is 8.98. The SMILES string of the molecule is C[C@]12CCCCC1CC[C@@H]1[C@H]2CC[C@]2(C)C(OC(=O)C(F)(F)F)CC[C@@H]12. The van der Waals surface area contributed by atoms with Crippen LogP contribution in [0.5, 0.6) is 0 Å². The molecule has 2 unspecified atom stereocenters. The van der Waals surface area contributed by atoms with Crippen LogP contribution in [0.25, 0.3) is 0 Å². The number of ether oxygens (including phenoxy) is 1. The van der Waals surface area contributed by atoms with Crippen molar-refractivity contribution in [1.82, 2.24) is 0 Å². The molecule has 0 aromatic rings. The highest BCUT2D eigenvalue weighted by molar-refractivity contribution is 5.75. The molecule has 0 N–H and O–H groups in total. The van der Waals surface area contributed by atoms with Crippen molar-refractivity contribution in [2.45, 2.75) is 90.3 Å². The van der Waals surface area contributed by atoms with Crippen LogP contribution < -0.4 is 0 Å². The zero-order valence-corrected chi connectivity index (χ0v) is 15.9. The second-order valence-corrected chi connectivity index (χ2v) is 9.92. The predicted octanol–water partition coefficient (Wildman–Crippen LogP) is 5.89. The summed E-state index contributed by atoms with van der Waals surface area (Å²) in [5.74, 6) is 0.544. The highest BCUT2D eigenvalue weighted by Gasteiger charge is 2.61. The molecule has 4 fully saturated rings. The largest absolute Gasteiger partial charge is 0.490 e. The van der Waals surface area contributed by atoms with Gasteiger partial charge in [0.2, 0.25) is 0 Å². The molecule has 148 valence electrons. The number of hydrogen-bond donors (Lipinski definition) is 0. The zero-order valence-electron chi connectivity index (χ0n) is 15.9. The summed E-state index contributed by atoms with van der Waals surface area (Å²) in [6, 6.07) is 0. The fourth-order valence-corrected chi connectivity index (χ4v) is 7.64. The fraction of sp³-hybridized carbons (Fsp3) is 0.952. The van der Waals surface area contributed by atoms with Gasteiger partial charge in [0.05, 0.1) is 0 Å². The molecule has 4 saturated carbocycles. The Morgan fingerprint density at radius 2 is 1.62 bits per heavy atom. The molecule has 4 aliphatic rings. The van der Waals surface area contributed by atoms with E-state index in [1.165, 1.54) is 38.5 Å². The highest BCUT2D eigenvalue weighted by atomic mass is 19.4. The lowest BCUT2D eigenvalue weighted by Gasteiger charge is -2.60. The van der Waals surface area contributed by atoms with Crippen molar-refractivity contribution in [2.24, 2.45) is 34.5 Å². The first-order valence-electron chi connectivity index (χ1n) is 10.4. The van der Waals surface area contributed by atoms with Crippen LogP contribution in [0.3, 0.4) is 0 Å². The second-order valence-electron chi connectivity index (χ2n) is 9.92. The molecule has 0 bridgehead atoms. The summed E-state index contributed by atoms with van der Waals surface area (Å²) in [7, 11) is 0. The van der Waals surface area contributed by atoms with E-state index in [0.29, 0.717) is 29.6 Å². The lowest BCUT2D eigenvalue weighted by molar-refractivity contribution is -0.212. The van der Waals surface area contributed by atoms with Crippen LogP contribution in [0.15, 0.2) is 0 Å². The maximum atomic E-state index is 12.7. The molecular formula is C21H31F3O2. The van der Waals surface area contributed by atoms with E-state index >= 15 is 0 Å². The predicted molar refractivity (Wildman–Crippen MR) is 92.3 cm³/mol. The van der Waals surface area contributed by atoms with Crippen LogP contribution in [-0.2, 0) is 9.53 Å². The van der Waals surface area contributed by atoms with Gasteiger partial charge in [0, 0.05) is 5.41 Å². The van der Waals surface area contributed by atoms with Crippen LogP contribution in [0.1, 0.15) is 78.1 Å². The third kappa shape index (κ3) is 2.71. The maximum absolute atomic E-state index is 12.7. The van der Waals surface area contributed by atoms with E-state index in [4.69, 9.17) is 4.74 Å². The molecule has 2 nitrogen and oxygen atoms in total. The fourth-order valence-electron chi connectivity index (χ4n) is 7.64. The molecular weight excluding hydrogens is 341 g/mol. The summed E-state index contributed by atoms with van der Waals surface area (Å²) < 4.78 is 43.0. The molecule has 26 heavy (non-hydrogen) atoms. The van der Waals surface area contributed by atoms with Crippen LogP contribution in [0, 0.1) is 34.5 Å². The third-order valence-corrected chi connectivity index (χ3v) is 8.98. The topological polar surface area (TPSA) is 26.3 Å². The van der Waals surface area contributed by atoms with Gasteiger partial charge in [-0.1, -0.05) is 26.7 Å². The number of carbonyl (C=O) groups excluding carboxylic acids is 1. The minimum atomic E-state index is -4.89. The van der Waals surface area contributed by atoms with Gasteiger partial charge in [0.15, 0.2) is 0 Å². The summed E-state index contributed by atoms with van der Waals surface area (Å²) in [4.78, 5) is 11.4. The Balaban J connectivity index is 1.54. The molecule has 0 amide bonds. The van der Waals surface area contributed by atoms with E-state index in [2.05, 4.69) is 13.8 Å². The molecule has 0 aromatic carbocycles. The summed E-state index contributed by atoms with van der Waals surface area (Å²) >= 11 is 0. The Kier molecular flexibility index (Phi) is 4.39. The number of carbonyl (C=O) groups is 1. The number of esters is 1. The lowest BCUT2D eigenvalue weighted by atomic mass is 9.45. The van der Waals surface area contributed by atoms with E-state index in [9.17, 15) is 18.0 Å². The monoisotopic (exact) mass is 372 g/mol. The molecule has 4 rings (SSSR count). The number of alkyl halides is 3. The Labute approximate surface area is 154 Å². The molecule has 5 heteroatoms. The van der Waals surface area contributed by atoms with Crippen molar-refractivity contribution in [1.29, 1.82) is 0 Å². The van der Waals surface area contributed by atoms with Crippen molar-refractivity contribution in [2.75, 3.05) is 0 Å². The van der Waals surface area contributed by atoms with E-state index in [-0.39, 0.29) is 5.41 Å². The van der Waals surface area contributed by atoms with Crippen molar-refractivity contribution in [3.8, 4) is 0 Å². The quantitative estimate of drug-likeness (QED) is 0.536. The van der Waals surface area contributed by atoms with Crippen LogP contribution in [0.2, 0.25) is 0 Å². The average molecular weight is 372 g/mol. The van der Waals surface area contributed by atoms with Gasteiger partial charge in [-0.2, -0.15) is 13.2 Å². The maximum Gasteiger partial charge on any atom is 0.490 e. The first-order chi connectivity index (χ1) is 12.2. The molecule has 0 saturated heterocycles. The Hall–Kier alpha value is -0.740. The summed E-state index contributed by atoms with van der Waals surface area (Å²) in [6.07, 6.45) is 5.86. The Bertz CT molecular complexity index is 574. The van der Waals surface area contributed by atoms with Crippen LogP contribution >= 0.6 is 0 Å². The highest BCUT2D eigenvalue weighted by Crippen LogP contribution is 2.66. The smallest absolute Gasteiger partial charge is 0.455 e. The summed E-state index contributed by atoms with van der Waals surface area (Å²) in [5, 5.41) is 0. The first kappa shape index (κ1) is 18.6. The molecule has 0 aromatic heterocycles. The van der Waals surface area contributed by atoms with E-state index in [1.807, 2.05) is 0 Å². The van der Waals surface area contributed by atoms with Gasteiger partial charge in [0.25, 0.3) is 0 Å². The Morgan fingerprint density at radius 1 is 0.885 bits per heavy atom. The van der Waals surface area contributed by atoms with Gasteiger partial charge in [0.1, 0.15) is 6.10 Å². The minimum Gasteiger partial charge on any atom is -0.455 e. The van der Waals surface area contributed by atoms with Crippen molar-refractivity contribution in [3.05, 3.63) is 0 Å². The summed E-state index contributed by atoms with van der Waals surface area (Å²) in [5.41, 5.74) is 0.142. The number of fused-ring (bicyclic) bond motifs is 5. The van der Waals surface area contributed by atoms with Gasteiger partial charge in [-0.3, -0.25) is 0 Å². The van der Waals surface area contributed by atoms with E-state index in [1.54, 1.807) is 0 Å². The standard InChI is InChI=1S/C21H31F3O2/c1-19-11-4-3-5-13(19)6-7-14-15-8-9-17(26-18(25)21(22,23)24)20(15,2)12-10-16(14)19/h13-17H,3-12H2,1-2H3/t13?,14-,15-,16+,17?,19-,20-/m0/s1. The van der Waals surface area contributed by atoms with Crippen LogP contribution in [0.4, 0.5) is 13.2 Å². The normalized spacial score (nSPS) is 48.3. The van der Waals surface area contributed by atoms with Crippen molar-refractivity contribution < 1.29 is 22.7 Å². The number of rotatable bonds is 1. The van der Waals surface area contributed by atoms with Gasteiger partial charge < -0.3 is 4.74 Å². The zero-order chi connectivity index (χ0) is 18.7. The van der Waals surface area contributed by atoms with E-state index < -0.39 is 18.2 Å². The summed E-state index contributed by atoms with van der Waals surface area (Å²) in [6.45, 7) is 4.58. The molecule has 7 atom stereocenters. The molecule has 4 aliphatic carbocycles. The molecule has 0 aliphatic heterocycles.